The van der Waals surface area contributed by atoms with Gasteiger partial charge in [0.2, 0.25) is 6.41 Å². The number of halogens is 2. The number of esters is 1. The average Bonchev–Trinajstić information content (AvgIpc) is 2.47. The molecule has 114 valence electrons. The van der Waals surface area contributed by atoms with Crippen LogP contribution in [0.2, 0.25) is 5.02 Å². The average molecular weight is 332 g/mol. The topological polar surface area (TPSA) is 55.8 Å². The van der Waals surface area contributed by atoms with Crippen molar-refractivity contribution in [3.05, 3.63) is 33.8 Å². The van der Waals surface area contributed by atoms with E-state index in [4.69, 9.17) is 32.8 Å². The molecular weight excluding hydrogens is 317 g/mol. The Morgan fingerprint density at radius 2 is 2.05 bits per heavy atom. The number of hydroxylamine groups is 1. The lowest BCUT2D eigenvalue weighted by Gasteiger charge is -2.16. The highest BCUT2D eigenvalue weighted by Crippen LogP contribution is 2.26. The Balaban J connectivity index is 3.10. The van der Waals surface area contributed by atoms with Gasteiger partial charge in [-0.15, -0.1) is 0 Å². The molecule has 1 rings (SSSR count). The van der Waals surface area contributed by atoms with Gasteiger partial charge in [-0.1, -0.05) is 23.2 Å². The van der Waals surface area contributed by atoms with Gasteiger partial charge in [-0.2, -0.15) is 5.06 Å². The van der Waals surface area contributed by atoms with Crippen LogP contribution >= 0.6 is 23.2 Å². The second-order valence-electron chi connectivity index (χ2n) is 3.77. The Hall–Kier alpha value is -1.56. The summed E-state index contributed by atoms with van der Waals surface area (Å²) < 4.78 is 4.78. The predicted octanol–water partition coefficient (Wildman–Crippen LogP) is 3.40. The van der Waals surface area contributed by atoms with Gasteiger partial charge in [0.05, 0.1) is 18.9 Å². The minimum atomic E-state index is -0.641. The standard InChI is InChI=1S/C14H15Cl2NO4/c1-3-20-14(19)13(16)8-10-7-11(5-6-12(10)15)17(9-18)21-4-2/h5-9H,3-4H2,1-2H3. The lowest BCUT2D eigenvalue weighted by Crippen LogP contribution is -2.21. The molecule has 1 aromatic carbocycles. The fourth-order valence-corrected chi connectivity index (χ4v) is 1.82. The van der Waals surface area contributed by atoms with E-state index in [9.17, 15) is 9.59 Å². The molecule has 1 aromatic rings. The van der Waals surface area contributed by atoms with E-state index in [1.807, 2.05) is 0 Å². The van der Waals surface area contributed by atoms with Gasteiger partial charge in [0, 0.05) is 5.02 Å². The molecule has 0 aliphatic rings. The molecule has 1 amide bonds. The zero-order valence-corrected chi connectivity index (χ0v) is 13.1. The highest BCUT2D eigenvalue weighted by molar-refractivity contribution is 6.43. The third kappa shape index (κ3) is 5.04. The van der Waals surface area contributed by atoms with Crippen LogP contribution in [0.5, 0.6) is 0 Å². The molecule has 0 aromatic heterocycles. The quantitative estimate of drug-likeness (QED) is 0.332. The molecule has 0 aliphatic carbocycles. The number of nitrogens with zero attached hydrogens (tertiary/aromatic N) is 1. The van der Waals surface area contributed by atoms with Crippen LogP contribution in [0.25, 0.3) is 6.08 Å². The van der Waals surface area contributed by atoms with E-state index in [2.05, 4.69) is 0 Å². The fourth-order valence-electron chi connectivity index (χ4n) is 1.48. The van der Waals surface area contributed by atoms with Gasteiger partial charge in [-0.25, -0.2) is 4.79 Å². The van der Waals surface area contributed by atoms with Gasteiger partial charge >= 0.3 is 5.97 Å². The number of carbonyl (C=O) groups is 2. The molecule has 0 spiro atoms. The highest BCUT2D eigenvalue weighted by Gasteiger charge is 2.11. The predicted molar refractivity (Wildman–Crippen MR) is 82.1 cm³/mol. The third-order valence-electron chi connectivity index (χ3n) is 2.35. The molecule has 0 saturated heterocycles. The van der Waals surface area contributed by atoms with Crippen molar-refractivity contribution in [2.24, 2.45) is 0 Å². The van der Waals surface area contributed by atoms with E-state index in [1.54, 1.807) is 32.0 Å². The maximum Gasteiger partial charge on any atom is 0.349 e. The lowest BCUT2D eigenvalue weighted by molar-refractivity contribution is -0.137. The first-order valence-corrected chi connectivity index (χ1v) is 7.00. The summed E-state index contributed by atoms with van der Waals surface area (Å²) >= 11 is 11.9. The van der Waals surface area contributed by atoms with E-state index in [1.165, 1.54) is 6.08 Å². The zero-order valence-electron chi connectivity index (χ0n) is 11.6. The van der Waals surface area contributed by atoms with E-state index in [0.29, 0.717) is 29.3 Å². The second-order valence-corrected chi connectivity index (χ2v) is 4.58. The Bertz CT molecular complexity index is 546. The zero-order chi connectivity index (χ0) is 15.8. The summed E-state index contributed by atoms with van der Waals surface area (Å²) in [4.78, 5) is 27.6. The molecule has 0 bridgehead atoms. The van der Waals surface area contributed by atoms with Gasteiger partial charge in [0.1, 0.15) is 5.03 Å². The van der Waals surface area contributed by atoms with Crippen molar-refractivity contribution in [2.45, 2.75) is 13.8 Å². The molecule has 0 fully saturated rings. The lowest BCUT2D eigenvalue weighted by atomic mass is 10.2. The summed E-state index contributed by atoms with van der Waals surface area (Å²) in [5.74, 6) is -0.641. The summed E-state index contributed by atoms with van der Waals surface area (Å²) in [6, 6.07) is 4.77. The minimum absolute atomic E-state index is 0.107. The fraction of sp³-hybridized carbons (Fsp3) is 0.286. The first kappa shape index (κ1) is 17.5. The van der Waals surface area contributed by atoms with Crippen LogP contribution in [-0.2, 0) is 19.2 Å². The summed E-state index contributed by atoms with van der Waals surface area (Å²) in [7, 11) is 0. The van der Waals surface area contributed by atoms with Gasteiger partial charge in [0.25, 0.3) is 0 Å². The maximum absolute atomic E-state index is 11.5. The summed E-state index contributed by atoms with van der Waals surface area (Å²) in [6.07, 6.45) is 1.91. The van der Waals surface area contributed by atoms with Gasteiger partial charge < -0.3 is 4.74 Å². The van der Waals surface area contributed by atoms with Crippen molar-refractivity contribution in [3.8, 4) is 0 Å². The van der Waals surface area contributed by atoms with Crippen LogP contribution in [0.15, 0.2) is 23.2 Å². The molecule has 21 heavy (non-hydrogen) atoms. The molecule has 5 nitrogen and oxygen atoms in total. The summed E-state index contributed by atoms with van der Waals surface area (Å²) in [6.45, 7) is 3.99. The van der Waals surface area contributed by atoms with Crippen LogP contribution in [0.4, 0.5) is 5.69 Å². The molecule has 0 aliphatic heterocycles. The van der Waals surface area contributed by atoms with Crippen molar-refractivity contribution >= 4 is 47.3 Å². The smallest absolute Gasteiger partial charge is 0.349 e. The van der Waals surface area contributed by atoms with Gasteiger partial charge in [-0.3, -0.25) is 9.63 Å². The van der Waals surface area contributed by atoms with E-state index in [0.717, 1.165) is 5.06 Å². The van der Waals surface area contributed by atoms with E-state index < -0.39 is 5.97 Å². The Morgan fingerprint density at radius 1 is 1.33 bits per heavy atom. The van der Waals surface area contributed by atoms with E-state index in [-0.39, 0.29) is 11.6 Å². The number of hydrogen-bond donors (Lipinski definition) is 0. The van der Waals surface area contributed by atoms with E-state index >= 15 is 0 Å². The summed E-state index contributed by atoms with van der Waals surface area (Å²) in [5.41, 5.74) is 0.939. The molecule has 0 saturated carbocycles. The molecular formula is C14H15Cl2NO4. The first-order chi connectivity index (χ1) is 10.0. The Labute approximate surface area is 133 Å². The largest absolute Gasteiger partial charge is 0.462 e. The number of ether oxygens (including phenoxy) is 1. The SMILES string of the molecule is CCOC(=O)C(Cl)=Cc1cc(N(C=O)OCC)ccc1Cl. The van der Waals surface area contributed by atoms with Crippen LogP contribution in [0, 0.1) is 0 Å². The molecule has 0 heterocycles. The van der Waals surface area contributed by atoms with Crippen LogP contribution < -0.4 is 5.06 Å². The number of rotatable bonds is 7. The third-order valence-corrected chi connectivity index (χ3v) is 2.96. The van der Waals surface area contributed by atoms with Crippen LogP contribution in [0.1, 0.15) is 19.4 Å². The Morgan fingerprint density at radius 3 is 2.62 bits per heavy atom. The second kappa shape index (κ2) is 8.67. The minimum Gasteiger partial charge on any atom is -0.462 e. The number of benzene rings is 1. The van der Waals surface area contributed by atoms with Gasteiger partial charge in [-0.05, 0) is 43.7 Å². The first-order valence-electron chi connectivity index (χ1n) is 6.24. The molecule has 0 radical (unpaired) electrons. The van der Waals surface area contributed by atoms with Crippen molar-refractivity contribution in [2.75, 3.05) is 18.3 Å². The summed E-state index contributed by atoms with van der Waals surface area (Å²) in [5, 5.41) is 1.33. The Kier molecular flexibility index (Phi) is 7.22. The number of carbonyl (C=O) groups excluding carboxylic acids is 2. The van der Waals surface area contributed by atoms with Gasteiger partial charge in [0.15, 0.2) is 0 Å². The molecule has 0 atom stereocenters. The van der Waals surface area contributed by atoms with Crippen LogP contribution in [0.3, 0.4) is 0 Å². The molecule has 0 N–H and O–H groups in total. The van der Waals surface area contributed by atoms with Crippen molar-refractivity contribution in [1.82, 2.24) is 0 Å². The number of hydrogen-bond acceptors (Lipinski definition) is 4. The van der Waals surface area contributed by atoms with Crippen molar-refractivity contribution in [1.29, 1.82) is 0 Å². The normalized spacial score (nSPS) is 11.1. The van der Waals surface area contributed by atoms with Crippen molar-refractivity contribution in [3.63, 3.8) is 0 Å². The van der Waals surface area contributed by atoms with Crippen molar-refractivity contribution < 1.29 is 19.2 Å². The maximum atomic E-state index is 11.5. The molecule has 7 heteroatoms. The number of amides is 1. The molecule has 0 unspecified atom stereocenters. The highest BCUT2D eigenvalue weighted by atomic mass is 35.5. The monoisotopic (exact) mass is 331 g/mol. The van der Waals surface area contributed by atoms with Crippen LogP contribution in [-0.4, -0.2) is 25.6 Å². The number of anilines is 1.